The van der Waals surface area contributed by atoms with Crippen LogP contribution in [0.2, 0.25) is 0 Å². The second-order valence-electron chi connectivity index (χ2n) is 19.1. The van der Waals surface area contributed by atoms with Gasteiger partial charge in [0.15, 0.2) is 5.78 Å². The second kappa shape index (κ2) is 24.6. The number of aldehydes is 1. The molecule has 0 bridgehead atoms. The number of nitrogens with zero attached hydrogens (tertiary/aromatic N) is 3. The number of carbonyl (C=O) groups is 4. The zero-order valence-electron chi connectivity index (χ0n) is 43.4. The molecule has 0 radical (unpaired) electrons. The van der Waals surface area contributed by atoms with Gasteiger partial charge in [0.2, 0.25) is 11.2 Å². The number of carbonyl (C=O) groups excluding carboxylic acids is 2. The summed E-state index contributed by atoms with van der Waals surface area (Å²) in [6.07, 6.45) is 12.0. The monoisotopic (exact) mass is 1020 g/mol. The van der Waals surface area contributed by atoms with Gasteiger partial charge in [-0.25, -0.2) is 9.59 Å². The number of aliphatic hydroxyl groups excluding tert-OH is 2. The van der Waals surface area contributed by atoms with E-state index < -0.39 is 47.3 Å². The Hall–Kier alpha value is -8.65. The van der Waals surface area contributed by atoms with Crippen molar-refractivity contribution in [2.24, 2.45) is 18.9 Å². The van der Waals surface area contributed by atoms with Gasteiger partial charge in [0.05, 0.1) is 17.6 Å². The molecule has 4 unspecified atom stereocenters. The first-order chi connectivity index (χ1) is 36.4. The van der Waals surface area contributed by atoms with E-state index in [1.807, 2.05) is 12.2 Å². The van der Waals surface area contributed by atoms with E-state index in [1.165, 1.54) is 57.1 Å². The zero-order valence-corrected chi connectivity index (χ0v) is 43.4. The third-order valence-electron chi connectivity index (χ3n) is 13.8. The Morgan fingerprint density at radius 3 is 2.04 bits per heavy atom. The van der Waals surface area contributed by atoms with Gasteiger partial charge >= 0.3 is 11.9 Å². The average Bonchev–Trinajstić information content (AvgIpc) is 3.70. The minimum atomic E-state index is -1.43. The summed E-state index contributed by atoms with van der Waals surface area (Å²) in [5.41, 5.74) is 8.40. The number of hydrogen-bond donors (Lipinski definition) is 5. The van der Waals surface area contributed by atoms with Crippen LogP contribution in [0, 0.1) is 25.7 Å². The fraction of sp³-hybridized carbons (Fsp3) is 0.222. The zero-order chi connectivity index (χ0) is 54.8. The van der Waals surface area contributed by atoms with E-state index in [0.29, 0.717) is 27.8 Å². The molecule has 6 aromatic carbocycles. The largest absolute Gasteiger partial charge is 0.872 e. The van der Waals surface area contributed by atoms with Gasteiger partial charge in [-0.05, 0) is 120 Å². The Kier molecular flexibility index (Phi) is 17.8. The minimum absolute atomic E-state index is 0.103. The molecule has 13 nitrogen and oxygen atoms in total. The summed E-state index contributed by atoms with van der Waals surface area (Å²) < 4.78 is 4.56. The average molecular weight is 1020 g/mol. The number of para-hydroxylation sites is 1. The number of aromatic nitrogens is 2. The molecule has 4 atom stereocenters. The summed E-state index contributed by atoms with van der Waals surface area (Å²) in [5, 5.41) is 65.0. The Labute approximate surface area is 441 Å². The van der Waals surface area contributed by atoms with E-state index in [0.717, 1.165) is 12.8 Å². The highest BCUT2D eigenvalue weighted by atomic mass is 16.4. The van der Waals surface area contributed by atoms with Crippen LogP contribution in [0.3, 0.4) is 0 Å². The molecular formula is C63H63N3O10. The van der Waals surface area contributed by atoms with E-state index >= 15 is 0 Å². The number of carboxylic acid groups (broad SMARTS) is 2. The van der Waals surface area contributed by atoms with Gasteiger partial charge in [0, 0.05) is 72.4 Å². The molecule has 0 amide bonds. The predicted octanol–water partition coefficient (Wildman–Crippen LogP) is 10.1. The number of hydrogen-bond acceptors (Lipinski definition) is 9. The van der Waals surface area contributed by atoms with Gasteiger partial charge in [0.25, 0.3) is 0 Å². The summed E-state index contributed by atoms with van der Waals surface area (Å²) in [6, 6.07) is 40.3. The van der Waals surface area contributed by atoms with Crippen LogP contribution < -0.4 is 14.6 Å². The molecule has 0 saturated heterocycles. The first-order valence-corrected chi connectivity index (χ1v) is 25.1. The van der Waals surface area contributed by atoms with Crippen molar-refractivity contribution in [3.63, 3.8) is 0 Å². The fourth-order valence-electron chi connectivity index (χ4n) is 9.69. The summed E-state index contributed by atoms with van der Waals surface area (Å²) in [6.45, 7) is 6.42. The van der Waals surface area contributed by atoms with Gasteiger partial charge in [-0.15, -0.1) is 0 Å². The van der Waals surface area contributed by atoms with Crippen LogP contribution in [-0.4, -0.2) is 80.4 Å². The number of aromatic carboxylic acids is 2. The van der Waals surface area contributed by atoms with Gasteiger partial charge in [-0.3, -0.25) is 4.79 Å². The molecule has 1 saturated carbocycles. The number of fused-ring (bicyclic) bond motifs is 3. The van der Waals surface area contributed by atoms with Gasteiger partial charge in [-0.1, -0.05) is 110 Å². The van der Waals surface area contributed by atoms with Crippen LogP contribution in [0.4, 0.5) is 5.69 Å². The maximum absolute atomic E-state index is 12.9. The molecule has 13 heteroatoms. The Balaban J connectivity index is 0.000000171. The maximum atomic E-state index is 12.9. The number of rotatable bonds is 13. The lowest BCUT2D eigenvalue weighted by molar-refractivity contribution is -0.646. The summed E-state index contributed by atoms with van der Waals surface area (Å²) in [5.74, 6) is -5.48. The summed E-state index contributed by atoms with van der Waals surface area (Å²) in [7, 11) is 6.28. The number of aryl methyl sites for hydroxylation is 2. The van der Waals surface area contributed by atoms with E-state index in [2.05, 4.69) is 135 Å². The van der Waals surface area contributed by atoms with Crippen LogP contribution >= 0.6 is 0 Å². The third kappa shape index (κ3) is 12.1. The number of carboxylic acids is 2. The third-order valence-corrected chi connectivity index (χ3v) is 13.8. The number of anilines is 1. The molecule has 0 spiro atoms. The number of benzene rings is 6. The van der Waals surface area contributed by atoms with Crippen LogP contribution in [-0.2, 0) is 23.1 Å². The van der Waals surface area contributed by atoms with Gasteiger partial charge in [0.1, 0.15) is 30.8 Å². The molecule has 9 rings (SSSR count). The highest BCUT2D eigenvalue weighted by Gasteiger charge is 2.41. The maximum Gasteiger partial charge on any atom is 0.339 e. The van der Waals surface area contributed by atoms with E-state index in [1.54, 1.807) is 60.7 Å². The van der Waals surface area contributed by atoms with E-state index in [-0.39, 0.29) is 41.0 Å². The highest BCUT2D eigenvalue weighted by Crippen LogP contribution is 2.38. The lowest BCUT2D eigenvalue weighted by Gasteiger charge is -2.31. The quantitative estimate of drug-likeness (QED) is 0.0318. The van der Waals surface area contributed by atoms with Crippen LogP contribution in [0.1, 0.15) is 80.7 Å². The molecular weight excluding hydrogens is 959 g/mol. The molecule has 5 N–H and O–H groups in total. The topological polar surface area (TPSA) is 205 Å². The smallest absolute Gasteiger partial charge is 0.339 e. The first kappa shape index (κ1) is 55.1. The molecule has 8 aromatic rings. The summed E-state index contributed by atoms with van der Waals surface area (Å²) >= 11 is 0. The number of unbranched alkanes of at least 4 members (excludes halogenated alkanes) is 1. The van der Waals surface area contributed by atoms with Crippen LogP contribution in [0.5, 0.6) is 11.5 Å². The van der Waals surface area contributed by atoms with Crippen LogP contribution in [0.25, 0.3) is 50.3 Å². The summed E-state index contributed by atoms with van der Waals surface area (Å²) in [4.78, 5) is 47.8. The number of aromatic hydroxyl groups is 1. The molecule has 2 aromatic heterocycles. The van der Waals surface area contributed by atoms with Crippen molar-refractivity contribution in [1.29, 1.82) is 0 Å². The molecule has 76 heavy (non-hydrogen) atoms. The van der Waals surface area contributed by atoms with E-state index in [9.17, 15) is 49.8 Å². The number of allylic oxidation sites excluding steroid dienone is 4. The fourth-order valence-corrected chi connectivity index (χ4v) is 9.69. The Morgan fingerprint density at radius 1 is 0.776 bits per heavy atom. The molecule has 1 aliphatic carbocycles. The van der Waals surface area contributed by atoms with Crippen molar-refractivity contribution in [2.45, 2.75) is 58.7 Å². The standard InChI is InChI=1S/C26H28N3.C23H16O6.C14H20O4/c1-19-17-21(20(2)29(19)24-9-7-6-8-10-24)11-13-23-14-12-22-18-25(27(3)4)15-16-26(22)28(23)5;24-20-16(14-7-3-1-5-12(14)9-18(20)22(26)27)11-17-15-8-4-2-6-13(15)10-19(21(17)25)23(28)29;1-2-3-4-5-6-7-10-8-12(16)14(18)13(17)11(10)9-15/h6-18H,1-5H3;1-10,24-25H,11H2,(H,26,27)(H,28,29);4-7,9-12,14,16,18H,2-3,8H2,1H3/q+1;;/p-1. The second-order valence-corrected chi connectivity index (χ2v) is 19.1. The SMILES string of the molecule is CCCC=CC=CC1CC(O)C(O)C(=O)C1C=O.Cc1cc(C=Cc2ccc3cc(N(C)C)ccc3[n+]2C)c(C)n1-c1ccccc1.O=C(O)c1cc2ccccc2c(Cc2c(O)c(C(=O)O)cc3ccccc23)c1[O-]. The lowest BCUT2D eigenvalue weighted by Crippen LogP contribution is -2.47. The molecule has 2 heterocycles. The van der Waals surface area contributed by atoms with Crippen molar-refractivity contribution >= 4 is 74.3 Å². The molecule has 1 aliphatic rings. The van der Waals surface area contributed by atoms with Crippen molar-refractivity contribution in [3.8, 4) is 17.2 Å². The van der Waals surface area contributed by atoms with Crippen molar-refractivity contribution in [3.05, 3.63) is 197 Å². The number of ketones is 1. The van der Waals surface area contributed by atoms with Crippen molar-refractivity contribution in [2.75, 3.05) is 19.0 Å². The lowest BCUT2D eigenvalue weighted by atomic mass is 9.76. The number of aliphatic hydroxyl groups is 2. The van der Waals surface area contributed by atoms with E-state index in [4.69, 9.17) is 0 Å². The minimum Gasteiger partial charge on any atom is -0.872 e. The molecule has 1 fully saturated rings. The number of Topliss-reactive ketones (excluding diaryl/α,β-unsaturated/α-hetero) is 1. The predicted molar refractivity (Wildman–Crippen MR) is 297 cm³/mol. The molecule has 0 aliphatic heterocycles. The number of phenols is 1. The normalized spacial score (nSPS) is 16.5. The van der Waals surface area contributed by atoms with Crippen LogP contribution in [0.15, 0.2) is 152 Å². The highest BCUT2D eigenvalue weighted by molar-refractivity contribution is 6.02. The van der Waals surface area contributed by atoms with Crippen molar-refractivity contribution in [1.82, 2.24) is 4.57 Å². The van der Waals surface area contributed by atoms with Gasteiger partial charge in [-0.2, -0.15) is 4.57 Å². The van der Waals surface area contributed by atoms with Crippen molar-refractivity contribution < 1.29 is 54.4 Å². The number of pyridine rings is 1. The van der Waals surface area contributed by atoms with Gasteiger partial charge < -0.3 is 44.9 Å². The Morgan fingerprint density at radius 2 is 1.41 bits per heavy atom. The molecule has 390 valence electrons. The Bertz CT molecular complexity index is 3440. The first-order valence-electron chi connectivity index (χ1n) is 25.1.